The van der Waals surface area contributed by atoms with Crippen molar-refractivity contribution in [3.8, 4) is 6.07 Å². The molecule has 19 heavy (non-hydrogen) atoms. The predicted molar refractivity (Wildman–Crippen MR) is 82.1 cm³/mol. The normalized spacial score (nSPS) is 11.7. The van der Waals surface area contributed by atoms with Crippen LogP contribution in [0, 0.1) is 16.7 Å². The number of anilines is 1. The van der Waals surface area contributed by atoms with Crippen LogP contribution in [0.1, 0.15) is 20.3 Å². The van der Waals surface area contributed by atoms with E-state index in [2.05, 4.69) is 29.2 Å². The van der Waals surface area contributed by atoms with Crippen LogP contribution in [-0.4, -0.2) is 10.8 Å². The summed E-state index contributed by atoms with van der Waals surface area (Å²) in [6.45, 7) is 4.78. The van der Waals surface area contributed by atoms with Crippen molar-refractivity contribution in [1.29, 1.82) is 5.26 Å². The lowest BCUT2D eigenvalue weighted by Gasteiger charge is -2.16. The molecule has 0 radical (unpaired) electrons. The number of hydrogen-bond donors (Lipinski definition) is 1. The quantitative estimate of drug-likeness (QED) is 0.679. The zero-order valence-corrected chi connectivity index (χ0v) is 12.4. The molecule has 4 heteroatoms. The molecular weight excluding hydrogens is 254 g/mol. The third-order valence-electron chi connectivity index (χ3n) is 3.37. The third-order valence-corrected chi connectivity index (χ3v) is 4.15. The van der Waals surface area contributed by atoms with Crippen molar-refractivity contribution in [2.45, 2.75) is 31.7 Å². The Morgan fingerprint density at radius 3 is 2.79 bits per heavy atom. The molecular formula is C15H19N3S. The molecule has 0 bridgehead atoms. The number of rotatable bonds is 4. The van der Waals surface area contributed by atoms with Crippen LogP contribution >= 0.6 is 11.8 Å². The first-order valence-corrected chi connectivity index (χ1v) is 7.53. The van der Waals surface area contributed by atoms with E-state index in [0.29, 0.717) is 0 Å². The highest BCUT2D eigenvalue weighted by Gasteiger charge is 2.17. The van der Waals surface area contributed by atoms with Crippen LogP contribution in [0.3, 0.4) is 0 Å². The van der Waals surface area contributed by atoms with Gasteiger partial charge in [-0.1, -0.05) is 0 Å². The highest BCUT2D eigenvalue weighted by atomic mass is 32.2. The second kappa shape index (κ2) is 5.18. The van der Waals surface area contributed by atoms with Crippen molar-refractivity contribution < 1.29 is 0 Å². The van der Waals surface area contributed by atoms with Gasteiger partial charge in [-0.05, 0) is 44.7 Å². The molecule has 0 aliphatic heterocycles. The fraction of sp³-hybridized carbons (Fsp3) is 0.400. The van der Waals surface area contributed by atoms with Crippen molar-refractivity contribution in [1.82, 2.24) is 4.57 Å². The summed E-state index contributed by atoms with van der Waals surface area (Å²) >= 11 is 1.71. The second-order valence-electron chi connectivity index (χ2n) is 5.41. The van der Waals surface area contributed by atoms with E-state index in [4.69, 9.17) is 11.0 Å². The number of aryl methyl sites for hydroxylation is 1. The molecule has 0 fully saturated rings. The van der Waals surface area contributed by atoms with E-state index in [1.165, 1.54) is 10.3 Å². The Balaban J connectivity index is 2.36. The summed E-state index contributed by atoms with van der Waals surface area (Å²) in [5.41, 5.74) is 7.60. The van der Waals surface area contributed by atoms with E-state index < -0.39 is 0 Å². The Morgan fingerprint density at radius 2 is 2.16 bits per heavy atom. The van der Waals surface area contributed by atoms with E-state index in [9.17, 15) is 0 Å². The molecule has 0 aliphatic carbocycles. The van der Waals surface area contributed by atoms with Gasteiger partial charge in [0.15, 0.2) is 0 Å². The first-order chi connectivity index (χ1) is 8.96. The average Bonchev–Trinajstić information content (AvgIpc) is 2.78. The van der Waals surface area contributed by atoms with Crippen molar-refractivity contribution in [3.63, 3.8) is 0 Å². The summed E-state index contributed by atoms with van der Waals surface area (Å²) in [5, 5.41) is 10.3. The molecule has 0 saturated heterocycles. The largest absolute Gasteiger partial charge is 0.399 e. The van der Waals surface area contributed by atoms with E-state index >= 15 is 0 Å². The van der Waals surface area contributed by atoms with Crippen LogP contribution in [0.2, 0.25) is 0 Å². The van der Waals surface area contributed by atoms with E-state index in [0.717, 1.165) is 24.2 Å². The van der Waals surface area contributed by atoms with Gasteiger partial charge in [0.05, 0.1) is 17.0 Å². The second-order valence-corrected chi connectivity index (χ2v) is 6.26. The summed E-state index contributed by atoms with van der Waals surface area (Å²) in [6, 6.07) is 8.49. The van der Waals surface area contributed by atoms with Gasteiger partial charge in [0.25, 0.3) is 0 Å². The Labute approximate surface area is 118 Å². The number of nitrogen functional groups attached to an aromatic ring is 1. The number of thioether (sulfide) groups is 1. The summed E-state index contributed by atoms with van der Waals surface area (Å²) < 4.78 is 2.19. The number of nitrogens with zero attached hydrogens (tertiary/aromatic N) is 2. The number of fused-ring (bicyclic) bond motifs is 1. The number of nitrogens with two attached hydrogens (primary N) is 1. The molecule has 0 atom stereocenters. The van der Waals surface area contributed by atoms with Crippen LogP contribution in [0.4, 0.5) is 5.69 Å². The van der Waals surface area contributed by atoms with Crippen LogP contribution in [0.5, 0.6) is 0 Å². The molecule has 1 heterocycles. The highest BCUT2D eigenvalue weighted by Crippen LogP contribution is 2.31. The first kappa shape index (κ1) is 13.8. The number of aromatic nitrogens is 1. The topological polar surface area (TPSA) is 54.7 Å². The van der Waals surface area contributed by atoms with Crippen LogP contribution in [0.15, 0.2) is 29.3 Å². The first-order valence-electron chi connectivity index (χ1n) is 6.30. The SMILES string of the molecule is CSc1cc(N)cc2c1ccn2CCC(C)(C)C#N. The number of benzene rings is 1. The zero-order chi connectivity index (χ0) is 14.0. The van der Waals surface area contributed by atoms with Gasteiger partial charge in [-0.25, -0.2) is 0 Å². The molecule has 3 nitrogen and oxygen atoms in total. The maximum absolute atomic E-state index is 9.08. The molecule has 2 N–H and O–H groups in total. The molecule has 0 unspecified atom stereocenters. The van der Waals surface area contributed by atoms with Gasteiger partial charge in [-0.2, -0.15) is 5.26 Å². The van der Waals surface area contributed by atoms with Crippen molar-refractivity contribution in [2.24, 2.45) is 5.41 Å². The van der Waals surface area contributed by atoms with Crippen molar-refractivity contribution in [2.75, 3.05) is 12.0 Å². The highest BCUT2D eigenvalue weighted by molar-refractivity contribution is 7.98. The predicted octanol–water partition coefficient (Wildman–Crippen LogP) is 3.89. The minimum Gasteiger partial charge on any atom is -0.399 e. The average molecular weight is 273 g/mol. The number of hydrogen-bond acceptors (Lipinski definition) is 3. The van der Waals surface area contributed by atoms with Gasteiger partial charge in [0, 0.05) is 28.7 Å². The zero-order valence-electron chi connectivity index (χ0n) is 11.6. The van der Waals surface area contributed by atoms with Gasteiger partial charge >= 0.3 is 0 Å². The maximum atomic E-state index is 9.08. The molecule has 0 amide bonds. The third kappa shape index (κ3) is 2.87. The lowest BCUT2D eigenvalue weighted by molar-refractivity contribution is 0.417. The molecule has 1 aromatic heterocycles. The van der Waals surface area contributed by atoms with Crippen LogP contribution in [0.25, 0.3) is 10.9 Å². The lowest BCUT2D eigenvalue weighted by atomic mass is 9.91. The van der Waals surface area contributed by atoms with Gasteiger partial charge < -0.3 is 10.3 Å². The smallest absolute Gasteiger partial charge is 0.0684 e. The molecule has 0 spiro atoms. The Bertz CT molecular complexity index is 635. The molecule has 2 rings (SSSR count). The van der Waals surface area contributed by atoms with E-state index in [1.807, 2.05) is 26.0 Å². The van der Waals surface area contributed by atoms with E-state index in [1.54, 1.807) is 11.8 Å². The van der Waals surface area contributed by atoms with Gasteiger partial charge in [-0.15, -0.1) is 11.8 Å². The minimum absolute atomic E-state index is 0.292. The molecule has 2 aromatic rings. The summed E-state index contributed by atoms with van der Waals surface area (Å²) in [5.74, 6) is 0. The Morgan fingerprint density at radius 1 is 1.42 bits per heavy atom. The lowest BCUT2D eigenvalue weighted by Crippen LogP contribution is -2.11. The summed E-state index contributed by atoms with van der Waals surface area (Å²) in [4.78, 5) is 1.20. The van der Waals surface area contributed by atoms with Crippen LogP contribution < -0.4 is 5.73 Å². The molecule has 100 valence electrons. The maximum Gasteiger partial charge on any atom is 0.0684 e. The van der Waals surface area contributed by atoms with Crippen molar-refractivity contribution >= 4 is 28.4 Å². The fourth-order valence-electron chi connectivity index (χ4n) is 2.10. The monoisotopic (exact) mass is 273 g/mol. The van der Waals surface area contributed by atoms with Crippen LogP contribution in [-0.2, 0) is 6.54 Å². The standard InChI is InChI=1S/C15H19N3S/c1-15(2,10-16)5-7-18-6-4-12-13(18)8-11(17)9-14(12)19-3/h4,6,8-9H,5,7,17H2,1-3H3. The Hall–Kier alpha value is -1.60. The summed E-state index contributed by atoms with van der Waals surface area (Å²) in [7, 11) is 0. The molecule has 1 aromatic carbocycles. The minimum atomic E-state index is -0.292. The van der Waals surface area contributed by atoms with Crippen molar-refractivity contribution in [3.05, 3.63) is 24.4 Å². The van der Waals surface area contributed by atoms with Gasteiger partial charge in [-0.3, -0.25) is 0 Å². The van der Waals surface area contributed by atoms with Gasteiger partial charge in [0.1, 0.15) is 0 Å². The van der Waals surface area contributed by atoms with E-state index in [-0.39, 0.29) is 5.41 Å². The molecule has 0 saturated carbocycles. The Kier molecular flexibility index (Phi) is 3.77. The summed E-state index contributed by atoms with van der Waals surface area (Å²) in [6.07, 6.45) is 4.97. The number of nitriles is 1. The molecule has 0 aliphatic rings. The van der Waals surface area contributed by atoms with Gasteiger partial charge in [0.2, 0.25) is 0 Å². The fourth-order valence-corrected chi connectivity index (χ4v) is 2.75.